The van der Waals surface area contributed by atoms with E-state index in [-0.39, 0.29) is 28.6 Å². The number of hydrogen-bond donors (Lipinski definition) is 1. The van der Waals surface area contributed by atoms with Crippen molar-refractivity contribution in [3.05, 3.63) is 18.2 Å². The summed E-state index contributed by atoms with van der Waals surface area (Å²) in [4.78, 5) is 27.4. The van der Waals surface area contributed by atoms with Crippen LogP contribution in [0.2, 0.25) is 0 Å². The highest BCUT2D eigenvalue weighted by molar-refractivity contribution is 7.89. The Morgan fingerprint density at radius 3 is 2.23 bits per heavy atom. The van der Waals surface area contributed by atoms with Gasteiger partial charge in [-0.2, -0.15) is 4.31 Å². The lowest BCUT2D eigenvalue weighted by Crippen LogP contribution is -2.40. The molecule has 1 aromatic carbocycles. The molecule has 0 spiro atoms. The van der Waals surface area contributed by atoms with Crippen LogP contribution in [0.4, 0.5) is 11.4 Å². The molecular weight excluding hydrogens is 402 g/mol. The van der Waals surface area contributed by atoms with E-state index in [0.29, 0.717) is 37.4 Å². The number of hydrogen-bond acceptors (Lipinski definition) is 5. The predicted molar refractivity (Wildman–Crippen MR) is 118 cm³/mol. The van der Waals surface area contributed by atoms with E-state index in [4.69, 9.17) is 0 Å². The molecule has 2 aliphatic rings. The molecule has 2 fully saturated rings. The minimum Gasteiger partial charge on any atom is -0.376 e. The van der Waals surface area contributed by atoms with Crippen molar-refractivity contribution >= 4 is 33.1 Å². The number of anilines is 2. The number of fused-ring (bicyclic) bond motifs is 2. The van der Waals surface area contributed by atoms with Crippen LogP contribution in [0.25, 0.3) is 0 Å². The lowest BCUT2D eigenvalue weighted by molar-refractivity contribution is -0.136. The van der Waals surface area contributed by atoms with Gasteiger partial charge in [-0.3, -0.25) is 9.59 Å². The zero-order chi connectivity index (χ0) is 22.1. The molecule has 30 heavy (non-hydrogen) atoms. The Morgan fingerprint density at radius 2 is 1.70 bits per heavy atom. The minimum absolute atomic E-state index is 0.00375. The van der Waals surface area contributed by atoms with E-state index in [2.05, 4.69) is 5.32 Å². The maximum Gasteiger partial charge on any atom is 0.243 e. The molecule has 2 unspecified atom stereocenters. The SMILES string of the molecule is CCN(CC)S(=O)(=O)c1ccc(N(C)C)c(NC(=O)C2CC3CCCC(C2)C3=O)c1. The van der Waals surface area contributed by atoms with E-state index >= 15 is 0 Å². The fourth-order valence-electron chi connectivity index (χ4n) is 4.81. The van der Waals surface area contributed by atoms with Crippen LogP contribution in [0.1, 0.15) is 46.0 Å². The third-order valence-electron chi connectivity index (χ3n) is 6.47. The molecule has 0 saturated heterocycles. The number of amides is 1. The zero-order valence-corrected chi connectivity index (χ0v) is 19.2. The highest BCUT2D eigenvalue weighted by Gasteiger charge is 2.41. The first kappa shape index (κ1) is 22.7. The van der Waals surface area contributed by atoms with Crippen molar-refractivity contribution in [3.63, 3.8) is 0 Å². The first-order valence-corrected chi connectivity index (χ1v) is 12.3. The average molecular weight is 436 g/mol. The Bertz CT molecular complexity index is 893. The first-order chi connectivity index (χ1) is 14.2. The quantitative estimate of drug-likeness (QED) is 0.711. The van der Waals surface area contributed by atoms with Crippen LogP contribution >= 0.6 is 0 Å². The van der Waals surface area contributed by atoms with Gasteiger partial charge in [0.05, 0.1) is 16.3 Å². The number of nitrogens with one attached hydrogen (secondary N) is 1. The summed E-state index contributed by atoms with van der Waals surface area (Å²) in [5.74, 6) is -0.0190. The van der Waals surface area contributed by atoms with E-state index in [0.717, 1.165) is 24.9 Å². The summed E-state index contributed by atoms with van der Waals surface area (Å²) in [6.45, 7) is 4.38. The summed E-state index contributed by atoms with van der Waals surface area (Å²) in [6.07, 6.45) is 4.00. The molecule has 1 aromatic rings. The average Bonchev–Trinajstić information content (AvgIpc) is 2.68. The summed E-state index contributed by atoms with van der Waals surface area (Å²) in [5.41, 5.74) is 1.23. The molecular formula is C22H33N3O4S. The summed E-state index contributed by atoms with van der Waals surface area (Å²) in [5, 5.41) is 2.98. The number of carbonyl (C=O) groups is 2. The molecule has 0 aromatic heterocycles. The highest BCUT2D eigenvalue weighted by Crippen LogP contribution is 2.41. The molecule has 2 atom stereocenters. The van der Waals surface area contributed by atoms with Gasteiger partial charge in [0.15, 0.2) is 0 Å². The van der Waals surface area contributed by atoms with Gasteiger partial charge < -0.3 is 10.2 Å². The van der Waals surface area contributed by atoms with Crippen LogP contribution in [0.3, 0.4) is 0 Å². The summed E-state index contributed by atoms with van der Waals surface area (Å²) in [6, 6.07) is 4.86. The molecule has 8 heteroatoms. The number of nitrogens with zero attached hydrogens (tertiary/aromatic N) is 2. The standard InChI is InChI=1S/C22H33N3O4S/c1-5-25(6-2)30(28,29)18-10-11-20(24(3)4)19(14-18)23-22(27)17-12-15-8-7-9-16(13-17)21(15)26/h10-11,14-17H,5-9,12-13H2,1-4H3,(H,23,27). The van der Waals surface area contributed by atoms with Gasteiger partial charge in [-0.15, -0.1) is 0 Å². The van der Waals surface area contributed by atoms with Crippen molar-refractivity contribution in [1.82, 2.24) is 4.31 Å². The van der Waals surface area contributed by atoms with Gasteiger partial charge in [0.1, 0.15) is 5.78 Å². The van der Waals surface area contributed by atoms with Crippen molar-refractivity contribution in [3.8, 4) is 0 Å². The molecule has 2 aliphatic carbocycles. The molecule has 1 amide bonds. The second-order valence-electron chi connectivity index (χ2n) is 8.55. The van der Waals surface area contributed by atoms with E-state index in [1.807, 2.05) is 19.0 Å². The number of sulfonamides is 1. The summed E-state index contributed by atoms with van der Waals surface area (Å²) >= 11 is 0. The van der Waals surface area contributed by atoms with Crippen molar-refractivity contribution in [2.45, 2.75) is 50.8 Å². The van der Waals surface area contributed by atoms with Crippen LogP contribution in [-0.2, 0) is 19.6 Å². The number of rotatable bonds is 7. The van der Waals surface area contributed by atoms with E-state index in [1.165, 1.54) is 4.31 Å². The monoisotopic (exact) mass is 435 g/mol. The molecule has 166 valence electrons. The van der Waals surface area contributed by atoms with Crippen molar-refractivity contribution in [1.29, 1.82) is 0 Å². The second-order valence-corrected chi connectivity index (χ2v) is 10.5. The molecule has 0 heterocycles. The van der Waals surface area contributed by atoms with Gasteiger partial charge >= 0.3 is 0 Å². The van der Waals surface area contributed by atoms with Gasteiger partial charge in [-0.05, 0) is 43.9 Å². The zero-order valence-electron chi connectivity index (χ0n) is 18.3. The van der Waals surface area contributed by atoms with Gasteiger partial charge in [0, 0.05) is 44.9 Å². The van der Waals surface area contributed by atoms with Crippen molar-refractivity contribution < 1.29 is 18.0 Å². The molecule has 2 saturated carbocycles. The molecule has 3 rings (SSSR count). The molecule has 7 nitrogen and oxygen atoms in total. The summed E-state index contributed by atoms with van der Waals surface area (Å²) < 4.78 is 27.3. The Hall–Kier alpha value is -1.93. The largest absolute Gasteiger partial charge is 0.376 e. The fourth-order valence-corrected chi connectivity index (χ4v) is 6.29. The second kappa shape index (κ2) is 9.06. The topological polar surface area (TPSA) is 86.8 Å². The highest BCUT2D eigenvalue weighted by atomic mass is 32.2. The Labute approximate surface area is 179 Å². The lowest BCUT2D eigenvalue weighted by atomic mass is 9.67. The Kier molecular flexibility index (Phi) is 6.87. The number of benzene rings is 1. The van der Waals surface area contributed by atoms with Crippen LogP contribution in [0.15, 0.2) is 23.1 Å². The first-order valence-electron chi connectivity index (χ1n) is 10.8. The van der Waals surface area contributed by atoms with Crippen LogP contribution < -0.4 is 10.2 Å². The maximum atomic E-state index is 13.1. The maximum absolute atomic E-state index is 13.1. The fraction of sp³-hybridized carbons (Fsp3) is 0.636. The van der Waals surface area contributed by atoms with Gasteiger partial charge in [0.2, 0.25) is 15.9 Å². The van der Waals surface area contributed by atoms with Crippen LogP contribution in [0, 0.1) is 17.8 Å². The minimum atomic E-state index is -3.63. The van der Waals surface area contributed by atoms with Crippen LogP contribution in [-0.4, -0.2) is 51.6 Å². The number of Topliss-reactive ketones (excluding diaryl/α,β-unsaturated/α-hetero) is 1. The Morgan fingerprint density at radius 1 is 1.10 bits per heavy atom. The normalized spacial score (nSPS) is 24.0. The third-order valence-corrected chi connectivity index (χ3v) is 8.52. The van der Waals surface area contributed by atoms with Gasteiger partial charge in [-0.25, -0.2) is 8.42 Å². The van der Waals surface area contributed by atoms with Gasteiger partial charge in [0.25, 0.3) is 0 Å². The smallest absolute Gasteiger partial charge is 0.243 e. The van der Waals surface area contributed by atoms with E-state index in [9.17, 15) is 18.0 Å². The number of ketones is 1. The number of carbonyl (C=O) groups excluding carboxylic acids is 2. The molecule has 1 N–H and O–H groups in total. The molecule has 0 radical (unpaired) electrons. The predicted octanol–water partition coefficient (Wildman–Crippen LogP) is 3.12. The van der Waals surface area contributed by atoms with Crippen molar-refractivity contribution in [2.75, 3.05) is 37.4 Å². The third kappa shape index (κ3) is 4.39. The van der Waals surface area contributed by atoms with Gasteiger partial charge in [-0.1, -0.05) is 20.3 Å². The van der Waals surface area contributed by atoms with E-state index < -0.39 is 10.0 Å². The molecule has 0 aliphatic heterocycles. The lowest BCUT2D eigenvalue weighted by Gasteiger charge is -2.37. The summed E-state index contributed by atoms with van der Waals surface area (Å²) in [7, 11) is 0.0812. The van der Waals surface area contributed by atoms with Crippen molar-refractivity contribution in [2.24, 2.45) is 17.8 Å². The van der Waals surface area contributed by atoms with Crippen LogP contribution in [0.5, 0.6) is 0 Å². The Balaban J connectivity index is 1.87. The van der Waals surface area contributed by atoms with E-state index in [1.54, 1.807) is 32.0 Å². The molecule has 2 bridgehead atoms.